The Morgan fingerprint density at radius 1 is 0.739 bits per heavy atom. The third-order valence-corrected chi connectivity index (χ3v) is 4.47. The number of hydrogen-bond donors (Lipinski definition) is 0. The van der Waals surface area contributed by atoms with Crippen molar-refractivity contribution in [1.82, 2.24) is 0 Å². The largest absolute Gasteiger partial charge is 0.466 e. The number of allylic oxidation sites excluding steroid dienone is 2. The van der Waals surface area contributed by atoms with Crippen LogP contribution in [0.2, 0.25) is 0 Å². The van der Waals surface area contributed by atoms with Crippen LogP contribution in [0.1, 0.15) is 96.8 Å². The Kier molecular flexibility index (Phi) is 19.5. The van der Waals surface area contributed by atoms with Gasteiger partial charge in [-0.2, -0.15) is 0 Å². The highest BCUT2D eigenvalue weighted by Crippen LogP contribution is 2.12. The van der Waals surface area contributed by atoms with Crippen molar-refractivity contribution in [2.45, 2.75) is 96.8 Å². The lowest BCUT2D eigenvalue weighted by Crippen LogP contribution is -2.00. The van der Waals surface area contributed by atoms with E-state index in [0.29, 0.717) is 6.61 Å². The number of ether oxygens (including phenoxy) is 1. The first-order chi connectivity index (χ1) is 11.3. The van der Waals surface area contributed by atoms with Crippen molar-refractivity contribution in [3.05, 3.63) is 12.2 Å². The van der Waals surface area contributed by atoms with Crippen LogP contribution in [0.5, 0.6) is 0 Å². The number of carbonyl (C=O) groups excluding carboxylic acids is 1. The molecular formula is C20H37BrO2. The number of rotatable bonds is 17. The minimum absolute atomic E-state index is 0.156. The van der Waals surface area contributed by atoms with E-state index in [0.717, 1.165) is 18.2 Å². The van der Waals surface area contributed by atoms with E-state index in [1.807, 2.05) is 0 Å². The average Bonchev–Trinajstić information content (AvgIpc) is 2.53. The SMILES string of the molecule is CC(=O)OCCCCCCCCCCCCCC/C=C/CCBr. The summed E-state index contributed by atoms with van der Waals surface area (Å²) in [7, 11) is 0. The number of esters is 1. The highest BCUT2D eigenvalue weighted by molar-refractivity contribution is 9.09. The van der Waals surface area contributed by atoms with Crippen molar-refractivity contribution in [2.24, 2.45) is 0 Å². The van der Waals surface area contributed by atoms with Crippen LogP contribution in [0.25, 0.3) is 0 Å². The molecule has 0 fully saturated rings. The van der Waals surface area contributed by atoms with Crippen molar-refractivity contribution >= 4 is 21.9 Å². The van der Waals surface area contributed by atoms with Gasteiger partial charge in [-0.1, -0.05) is 92.3 Å². The molecule has 0 heterocycles. The summed E-state index contributed by atoms with van der Waals surface area (Å²) in [5.74, 6) is -0.156. The molecule has 0 aromatic rings. The van der Waals surface area contributed by atoms with E-state index in [1.54, 1.807) is 0 Å². The highest BCUT2D eigenvalue weighted by Gasteiger charge is 1.95. The number of hydrogen-bond acceptors (Lipinski definition) is 2. The van der Waals surface area contributed by atoms with Gasteiger partial charge in [-0.15, -0.1) is 0 Å². The highest BCUT2D eigenvalue weighted by atomic mass is 79.9. The molecule has 0 aliphatic heterocycles. The van der Waals surface area contributed by atoms with E-state index in [-0.39, 0.29) is 5.97 Å². The second kappa shape index (κ2) is 19.7. The maximum Gasteiger partial charge on any atom is 0.302 e. The van der Waals surface area contributed by atoms with Crippen LogP contribution in [-0.2, 0) is 9.53 Å². The first-order valence-electron chi connectivity index (χ1n) is 9.61. The van der Waals surface area contributed by atoms with Gasteiger partial charge in [-0.25, -0.2) is 0 Å². The molecule has 0 rings (SSSR count). The summed E-state index contributed by atoms with van der Waals surface area (Å²) in [4.78, 5) is 10.6. The van der Waals surface area contributed by atoms with Gasteiger partial charge < -0.3 is 4.74 Å². The summed E-state index contributed by atoms with van der Waals surface area (Å²) in [6, 6.07) is 0. The number of alkyl halides is 1. The summed E-state index contributed by atoms with van der Waals surface area (Å²) in [6.07, 6.45) is 23.0. The molecule has 0 saturated carbocycles. The molecular weight excluding hydrogens is 352 g/mol. The lowest BCUT2D eigenvalue weighted by Gasteiger charge is -2.03. The van der Waals surface area contributed by atoms with Crippen LogP contribution in [0.4, 0.5) is 0 Å². The van der Waals surface area contributed by atoms with Gasteiger partial charge in [0, 0.05) is 12.3 Å². The summed E-state index contributed by atoms with van der Waals surface area (Å²) < 4.78 is 4.92. The van der Waals surface area contributed by atoms with Crippen molar-refractivity contribution in [3.8, 4) is 0 Å². The molecule has 0 radical (unpaired) electrons. The van der Waals surface area contributed by atoms with E-state index in [2.05, 4.69) is 28.1 Å². The zero-order chi connectivity index (χ0) is 17.0. The average molecular weight is 389 g/mol. The van der Waals surface area contributed by atoms with Gasteiger partial charge in [0.05, 0.1) is 6.61 Å². The zero-order valence-corrected chi connectivity index (χ0v) is 16.7. The molecule has 0 aromatic heterocycles. The Balaban J connectivity index is 3.01. The third-order valence-electron chi connectivity index (χ3n) is 4.01. The lowest BCUT2D eigenvalue weighted by molar-refractivity contribution is -0.141. The van der Waals surface area contributed by atoms with Crippen LogP contribution in [-0.4, -0.2) is 17.9 Å². The minimum atomic E-state index is -0.156. The standard InChI is InChI=1S/C20H37BrO2/c1-20(22)23-19-17-15-13-11-9-7-5-3-2-4-6-8-10-12-14-16-18-21/h12,14H,2-11,13,15-19H2,1H3/b14-12+. The molecule has 0 aliphatic carbocycles. The maximum atomic E-state index is 10.6. The number of unbranched alkanes of at least 4 members (excludes halogenated alkanes) is 12. The molecule has 23 heavy (non-hydrogen) atoms. The fourth-order valence-electron chi connectivity index (χ4n) is 2.65. The smallest absolute Gasteiger partial charge is 0.302 e. The molecule has 3 heteroatoms. The predicted molar refractivity (Wildman–Crippen MR) is 104 cm³/mol. The summed E-state index contributed by atoms with van der Waals surface area (Å²) in [5, 5.41) is 1.08. The molecule has 0 bridgehead atoms. The molecule has 0 saturated heterocycles. The fraction of sp³-hybridized carbons (Fsp3) is 0.850. The second-order valence-electron chi connectivity index (χ2n) is 6.32. The Morgan fingerprint density at radius 3 is 1.65 bits per heavy atom. The predicted octanol–water partition coefficient (Wildman–Crippen LogP) is 6.96. The van der Waals surface area contributed by atoms with Crippen LogP contribution >= 0.6 is 15.9 Å². The summed E-state index contributed by atoms with van der Waals surface area (Å²) in [5.41, 5.74) is 0. The van der Waals surface area contributed by atoms with Crippen LogP contribution < -0.4 is 0 Å². The van der Waals surface area contributed by atoms with Gasteiger partial charge in [0.15, 0.2) is 0 Å². The summed E-state index contributed by atoms with van der Waals surface area (Å²) in [6.45, 7) is 2.07. The molecule has 2 nitrogen and oxygen atoms in total. The molecule has 0 aliphatic rings. The molecule has 0 spiro atoms. The first kappa shape index (κ1) is 22.7. The minimum Gasteiger partial charge on any atom is -0.466 e. The second-order valence-corrected chi connectivity index (χ2v) is 7.11. The van der Waals surface area contributed by atoms with Crippen LogP contribution in [0.3, 0.4) is 0 Å². The van der Waals surface area contributed by atoms with Gasteiger partial charge in [0.1, 0.15) is 0 Å². The van der Waals surface area contributed by atoms with Gasteiger partial charge in [-0.05, 0) is 25.7 Å². The molecule has 136 valence electrons. The molecule has 0 unspecified atom stereocenters. The fourth-order valence-corrected chi connectivity index (χ4v) is 2.91. The van der Waals surface area contributed by atoms with Gasteiger partial charge in [0.2, 0.25) is 0 Å². The molecule has 0 aromatic carbocycles. The van der Waals surface area contributed by atoms with Crippen molar-refractivity contribution < 1.29 is 9.53 Å². The van der Waals surface area contributed by atoms with Crippen molar-refractivity contribution in [3.63, 3.8) is 0 Å². The lowest BCUT2D eigenvalue weighted by atomic mass is 10.0. The Hall–Kier alpha value is -0.310. The van der Waals surface area contributed by atoms with E-state index in [9.17, 15) is 4.79 Å². The zero-order valence-electron chi connectivity index (χ0n) is 15.2. The molecule has 0 atom stereocenters. The van der Waals surface area contributed by atoms with E-state index < -0.39 is 0 Å². The molecule has 0 N–H and O–H groups in total. The Bertz CT molecular complexity index is 277. The van der Waals surface area contributed by atoms with Gasteiger partial charge >= 0.3 is 5.97 Å². The van der Waals surface area contributed by atoms with Crippen molar-refractivity contribution in [2.75, 3.05) is 11.9 Å². The van der Waals surface area contributed by atoms with E-state index in [1.165, 1.54) is 84.0 Å². The quantitative estimate of drug-likeness (QED) is 0.116. The van der Waals surface area contributed by atoms with Crippen LogP contribution in [0.15, 0.2) is 12.2 Å². The van der Waals surface area contributed by atoms with Crippen molar-refractivity contribution in [1.29, 1.82) is 0 Å². The van der Waals surface area contributed by atoms with Gasteiger partial charge in [0.25, 0.3) is 0 Å². The Morgan fingerprint density at radius 2 is 1.17 bits per heavy atom. The van der Waals surface area contributed by atoms with Gasteiger partial charge in [-0.3, -0.25) is 4.79 Å². The van der Waals surface area contributed by atoms with Crippen LogP contribution in [0, 0.1) is 0 Å². The first-order valence-corrected chi connectivity index (χ1v) is 10.7. The normalized spacial score (nSPS) is 11.2. The molecule has 0 amide bonds. The monoisotopic (exact) mass is 388 g/mol. The maximum absolute atomic E-state index is 10.6. The number of halogens is 1. The topological polar surface area (TPSA) is 26.3 Å². The number of carbonyl (C=O) groups is 1. The third kappa shape index (κ3) is 21.7. The van der Waals surface area contributed by atoms with E-state index in [4.69, 9.17) is 4.74 Å². The van der Waals surface area contributed by atoms with E-state index >= 15 is 0 Å². The summed E-state index contributed by atoms with van der Waals surface area (Å²) >= 11 is 3.43. The Labute approximate surface area is 152 Å².